The number of carbonyl (C=O) groups is 3. The normalized spacial score (nSPS) is 14.9. The zero-order chi connectivity index (χ0) is 34.6. The monoisotopic (exact) mass is 661 g/mol. The Bertz CT molecular complexity index is 1380. The summed E-state index contributed by atoms with van der Waals surface area (Å²) in [5, 5.41) is 0. The first-order valence-electron chi connectivity index (χ1n) is 16.7. The zero-order valence-corrected chi connectivity index (χ0v) is 29.2. The van der Waals surface area contributed by atoms with E-state index in [1.807, 2.05) is 55.9 Å². The van der Waals surface area contributed by atoms with Crippen molar-refractivity contribution in [3.8, 4) is 0 Å². The van der Waals surface area contributed by atoms with Crippen molar-refractivity contribution in [1.82, 2.24) is 24.7 Å². The molecule has 0 unspecified atom stereocenters. The Labute approximate surface area is 283 Å². The van der Waals surface area contributed by atoms with Crippen LogP contribution in [0, 0.1) is 20.8 Å². The molecule has 0 aliphatic carbocycles. The van der Waals surface area contributed by atoms with Crippen molar-refractivity contribution in [2.45, 2.75) is 61.3 Å². The van der Waals surface area contributed by atoms with Gasteiger partial charge in [-0.1, -0.05) is 0 Å². The number of carbonyl (C=O) groups excluding carboxylic acids is 3. The molecule has 12 heteroatoms. The lowest BCUT2D eigenvalue weighted by atomic mass is 10.2. The van der Waals surface area contributed by atoms with Crippen LogP contribution in [-0.4, -0.2) is 102 Å². The Hall–Kier alpha value is -4.26. The van der Waals surface area contributed by atoms with E-state index in [9.17, 15) is 14.4 Å². The minimum atomic E-state index is -0.422. The number of ether oxygens (including phenoxy) is 3. The summed E-state index contributed by atoms with van der Waals surface area (Å²) in [5.74, 6) is -1.18. The molecule has 0 bridgehead atoms. The Balaban J connectivity index is 1.59. The summed E-state index contributed by atoms with van der Waals surface area (Å²) < 4.78 is 17.7. The van der Waals surface area contributed by atoms with Crippen LogP contribution in [0.2, 0.25) is 0 Å². The second kappa shape index (κ2) is 17.8. The van der Waals surface area contributed by atoms with Gasteiger partial charge in [0, 0.05) is 57.9 Å². The van der Waals surface area contributed by atoms with E-state index in [1.54, 1.807) is 32.9 Å². The third kappa shape index (κ3) is 10.9. The fraction of sp³-hybridized carbons (Fsp3) is 0.500. The Morgan fingerprint density at radius 1 is 0.604 bits per heavy atom. The van der Waals surface area contributed by atoms with Crippen LogP contribution in [0.4, 0.5) is 0 Å². The number of rotatable bonds is 12. The molecule has 1 aliphatic rings. The number of aromatic nitrogens is 3. The van der Waals surface area contributed by atoms with Crippen LogP contribution < -0.4 is 4.57 Å². The van der Waals surface area contributed by atoms with E-state index < -0.39 is 11.9 Å². The molecule has 258 valence electrons. The summed E-state index contributed by atoms with van der Waals surface area (Å²) in [7, 11) is 0. The van der Waals surface area contributed by atoms with Gasteiger partial charge in [0.25, 0.3) is 0 Å². The molecule has 0 atom stereocenters. The second-order valence-electron chi connectivity index (χ2n) is 12.1. The minimum absolute atomic E-state index is 0.291. The molecular weight excluding hydrogens is 612 g/mol. The highest BCUT2D eigenvalue weighted by Gasteiger charge is 2.22. The van der Waals surface area contributed by atoms with Gasteiger partial charge >= 0.3 is 17.9 Å². The number of hydrogen-bond donors (Lipinski definition) is 0. The highest BCUT2D eigenvalue weighted by molar-refractivity contribution is 5.89. The molecule has 0 amide bonds. The van der Waals surface area contributed by atoms with Crippen molar-refractivity contribution in [2.75, 3.05) is 59.1 Å². The van der Waals surface area contributed by atoms with E-state index in [0.29, 0.717) is 56.5 Å². The van der Waals surface area contributed by atoms with Crippen molar-refractivity contribution in [3.63, 3.8) is 0 Å². The Kier molecular flexibility index (Phi) is 13.5. The number of hydrogen-bond acceptors (Lipinski definition) is 11. The fourth-order valence-corrected chi connectivity index (χ4v) is 5.80. The van der Waals surface area contributed by atoms with Crippen LogP contribution in [0.25, 0.3) is 0 Å². The third-order valence-electron chi connectivity index (χ3n) is 7.92. The summed E-state index contributed by atoms with van der Waals surface area (Å²) in [6, 6.07) is 9.38. The third-order valence-corrected chi connectivity index (χ3v) is 7.92. The molecular formula is C36H49N6O6+. The zero-order valence-electron chi connectivity index (χ0n) is 29.2. The van der Waals surface area contributed by atoms with Gasteiger partial charge in [0.1, 0.15) is 17.0 Å². The quantitative estimate of drug-likeness (QED) is 0.161. The summed E-state index contributed by atoms with van der Waals surface area (Å²) in [5.41, 5.74) is 5.64. The molecule has 0 N–H and O–H groups in total. The molecule has 0 saturated carbocycles. The van der Waals surface area contributed by atoms with Gasteiger partial charge in [-0.15, -0.1) is 0 Å². The Morgan fingerprint density at radius 2 is 1.04 bits per heavy atom. The van der Waals surface area contributed by atoms with Gasteiger partial charge in [-0.2, -0.15) is 4.57 Å². The molecule has 12 nitrogen and oxygen atoms in total. The number of nitrogens with zero attached hydrogens (tertiary/aromatic N) is 6. The highest BCUT2D eigenvalue weighted by atomic mass is 16.5. The molecule has 1 fully saturated rings. The van der Waals surface area contributed by atoms with Gasteiger partial charge in [0.05, 0.1) is 31.2 Å². The maximum absolute atomic E-state index is 12.5. The fourth-order valence-electron chi connectivity index (χ4n) is 5.80. The van der Waals surface area contributed by atoms with Crippen LogP contribution in [0.1, 0.15) is 80.2 Å². The highest BCUT2D eigenvalue weighted by Crippen LogP contribution is 2.14. The molecule has 3 aromatic rings. The van der Waals surface area contributed by atoms with E-state index in [1.165, 1.54) is 0 Å². The van der Waals surface area contributed by atoms with Crippen LogP contribution in [0.3, 0.4) is 0 Å². The lowest BCUT2D eigenvalue weighted by Gasteiger charge is -2.25. The van der Waals surface area contributed by atoms with Gasteiger partial charge in [0.2, 0.25) is 6.67 Å². The van der Waals surface area contributed by atoms with Gasteiger partial charge in [-0.3, -0.25) is 9.80 Å². The minimum Gasteiger partial charge on any atom is -0.462 e. The largest absolute Gasteiger partial charge is 0.462 e. The first kappa shape index (κ1) is 36.6. The maximum Gasteiger partial charge on any atom is 0.356 e. The average molecular weight is 662 g/mol. The van der Waals surface area contributed by atoms with Crippen LogP contribution in [0.5, 0.6) is 0 Å². The van der Waals surface area contributed by atoms with Crippen molar-refractivity contribution in [1.29, 1.82) is 0 Å². The van der Waals surface area contributed by atoms with E-state index in [0.717, 1.165) is 67.3 Å². The first-order valence-corrected chi connectivity index (χ1v) is 16.7. The van der Waals surface area contributed by atoms with E-state index >= 15 is 0 Å². The van der Waals surface area contributed by atoms with Gasteiger partial charge in [0.15, 0.2) is 12.4 Å². The van der Waals surface area contributed by atoms with E-state index in [2.05, 4.69) is 24.7 Å². The number of pyridine rings is 3. The van der Waals surface area contributed by atoms with Crippen molar-refractivity contribution >= 4 is 17.9 Å². The van der Waals surface area contributed by atoms with Gasteiger partial charge in [-0.05, 0) is 83.0 Å². The van der Waals surface area contributed by atoms with Crippen molar-refractivity contribution in [2.24, 2.45) is 0 Å². The van der Waals surface area contributed by atoms with Crippen LogP contribution in [-0.2, 0) is 34.0 Å². The summed E-state index contributed by atoms with van der Waals surface area (Å²) in [4.78, 5) is 53.9. The van der Waals surface area contributed by atoms with Crippen LogP contribution >= 0.6 is 0 Å². The molecule has 0 radical (unpaired) electrons. The predicted octanol–water partition coefficient (Wildman–Crippen LogP) is 3.50. The summed E-state index contributed by atoms with van der Waals surface area (Å²) in [6.07, 6.45) is 3.88. The van der Waals surface area contributed by atoms with E-state index in [-0.39, 0.29) is 5.97 Å². The summed E-state index contributed by atoms with van der Waals surface area (Å²) in [6.45, 7) is 18.5. The topological polar surface area (TPSA) is 118 Å². The first-order chi connectivity index (χ1) is 23.1. The summed E-state index contributed by atoms with van der Waals surface area (Å²) >= 11 is 0. The van der Waals surface area contributed by atoms with Gasteiger partial charge < -0.3 is 14.2 Å². The lowest BCUT2D eigenvalue weighted by Crippen LogP contribution is -2.47. The average Bonchev–Trinajstić information content (AvgIpc) is 3.12. The Morgan fingerprint density at radius 3 is 1.50 bits per heavy atom. The number of aryl methyl sites for hydroxylation is 3. The lowest BCUT2D eigenvalue weighted by molar-refractivity contribution is -0.716. The second-order valence-corrected chi connectivity index (χ2v) is 12.1. The standard InChI is InChI=1S/C36H49N6O6/c1-7-46-34(43)29-16-28(6)21-42(22-29)25-41-14-12-39(23-30-17-26(4)19-32(37-30)35(44)47-8-2)10-11-40(13-15-41)24-31-18-27(5)20-33(38-31)36(45)48-9-3/h16-22H,7-15,23-25H2,1-6H3/q+1. The van der Waals surface area contributed by atoms with Crippen LogP contribution in [0.15, 0.2) is 42.7 Å². The molecule has 1 saturated heterocycles. The van der Waals surface area contributed by atoms with Crippen molar-refractivity contribution < 1.29 is 33.2 Å². The van der Waals surface area contributed by atoms with Gasteiger partial charge in [-0.25, -0.2) is 29.3 Å². The molecule has 4 rings (SSSR count). The smallest absolute Gasteiger partial charge is 0.356 e. The maximum atomic E-state index is 12.5. The molecule has 0 aromatic carbocycles. The molecule has 3 aromatic heterocycles. The molecule has 1 aliphatic heterocycles. The molecule has 0 spiro atoms. The molecule has 48 heavy (non-hydrogen) atoms. The predicted molar refractivity (Wildman–Crippen MR) is 179 cm³/mol. The van der Waals surface area contributed by atoms with E-state index in [4.69, 9.17) is 14.2 Å². The SMILES string of the molecule is CCOC(=O)c1cc(C)c[n+](CN2CCN(Cc3cc(C)cc(C(=O)OCC)n3)CCN(Cc3cc(C)cc(C(=O)OCC)n3)CC2)c1. The van der Waals surface area contributed by atoms with Crippen molar-refractivity contribution in [3.05, 3.63) is 87.8 Å². The number of esters is 3. The molecule has 4 heterocycles.